The van der Waals surface area contributed by atoms with Gasteiger partial charge in [0.2, 0.25) is 0 Å². The van der Waals surface area contributed by atoms with E-state index in [0.29, 0.717) is 5.13 Å². The molecule has 2 rings (SSSR count). The van der Waals surface area contributed by atoms with E-state index in [-0.39, 0.29) is 19.1 Å². The van der Waals surface area contributed by atoms with Crippen molar-refractivity contribution >= 4 is 28.5 Å². The summed E-state index contributed by atoms with van der Waals surface area (Å²) in [4.78, 5) is 28.5. The minimum absolute atomic E-state index is 0.00947. The number of ether oxygens (including phenoxy) is 1. The monoisotopic (exact) mass is 305 g/mol. The van der Waals surface area contributed by atoms with E-state index < -0.39 is 6.09 Å². The number of rotatable bonds is 5. The molecule has 0 radical (unpaired) electrons. The Hall–Kier alpha value is -2.41. The van der Waals surface area contributed by atoms with Crippen molar-refractivity contribution in [3.8, 4) is 0 Å². The van der Waals surface area contributed by atoms with Gasteiger partial charge < -0.3 is 10.1 Å². The Kier molecular flexibility index (Phi) is 5.28. The molecule has 7 heteroatoms. The van der Waals surface area contributed by atoms with Crippen LogP contribution in [0, 0.1) is 0 Å². The van der Waals surface area contributed by atoms with E-state index in [9.17, 15) is 9.59 Å². The van der Waals surface area contributed by atoms with Crippen molar-refractivity contribution in [2.24, 2.45) is 0 Å². The molecule has 0 atom stereocenters. The van der Waals surface area contributed by atoms with Gasteiger partial charge in [0.15, 0.2) is 5.13 Å². The average molecular weight is 305 g/mol. The van der Waals surface area contributed by atoms with Crippen molar-refractivity contribution < 1.29 is 14.3 Å². The molecule has 0 fully saturated rings. The second-order valence-electron chi connectivity index (χ2n) is 4.18. The zero-order chi connectivity index (χ0) is 15.1. The molecule has 110 valence electrons. The molecule has 6 nitrogen and oxygen atoms in total. The summed E-state index contributed by atoms with van der Waals surface area (Å²) in [6, 6.07) is 9.29. The van der Waals surface area contributed by atoms with Gasteiger partial charge in [-0.2, -0.15) is 0 Å². The van der Waals surface area contributed by atoms with Gasteiger partial charge >= 0.3 is 6.09 Å². The van der Waals surface area contributed by atoms with Gasteiger partial charge in [-0.25, -0.2) is 14.7 Å². The van der Waals surface area contributed by atoms with Crippen LogP contribution in [0.2, 0.25) is 0 Å². The molecule has 1 aromatic carbocycles. The Morgan fingerprint density at radius 2 is 2.10 bits per heavy atom. The smallest absolute Gasteiger partial charge is 0.416 e. The molecule has 0 bridgehead atoms. The van der Waals surface area contributed by atoms with E-state index in [1.54, 1.807) is 11.6 Å². The van der Waals surface area contributed by atoms with E-state index in [0.717, 1.165) is 10.5 Å². The van der Waals surface area contributed by atoms with E-state index in [4.69, 9.17) is 4.74 Å². The average Bonchev–Trinajstić information content (AvgIpc) is 3.04. The Morgan fingerprint density at radius 3 is 2.76 bits per heavy atom. The summed E-state index contributed by atoms with van der Waals surface area (Å²) in [6.07, 6.45) is 0.958. The molecule has 0 saturated heterocycles. The number of nitrogens with one attached hydrogen (secondary N) is 1. The normalized spacial score (nSPS) is 9.95. The largest absolute Gasteiger partial charge is 0.444 e. The molecule has 1 aromatic heterocycles. The zero-order valence-corrected chi connectivity index (χ0v) is 12.3. The van der Waals surface area contributed by atoms with Gasteiger partial charge in [-0.15, -0.1) is 11.3 Å². The van der Waals surface area contributed by atoms with Gasteiger partial charge in [0.05, 0.1) is 6.54 Å². The predicted molar refractivity (Wildman–Crippen MR) is 80.0 cm³/mol. The van der Waals surface area contributed by atoms with Crippen LogP contribution < -0.4 is 5.32 Å². The number of aromatic nitrogens is 1. The molecule has 2 aromatic rings. The molecular weight excluding hydrogens is 290 g/mol. The first kappa shape index (κ1) is 15.0. The molecule has 0 saturated carbocycles. The SMILES string of the molecule is CN(C(=O)CNc1nccs1)C(=O)OCc1ccccc1. The number of anilines is 1. The first-order chi connectivity index (χ1) is 10.2. The lowest BCUT2D eigenvalue weighted by Crippen LogP contribution is -2.37. The highest BCUT2D eigenvalue weighted by Gasteiger charge is 2.18. The highest BCUT2D eigenvalue weighted by molar-refractivity contribution is 7.13. The molecule has 0 unspecified atom stereocenters. The summed E-state index contributed by atoms with van der Waals surface area (Å²) >= 11 is 1.38. The number of amides is 2. The summed E-state index contributed by atoms with van der Waals surface area (Å²) < 4.78 is 5.07. The summed E-state index contributed by atoms with van der Waals surface area (Å²) in [7, 11) is 1.39. The molecule has 1 N–H and O–H groups in total. The third-order valence-electron chi connectivity index (χ3n) is 2.68. The van der Waals surface area contributed by atoms with E-state index in [2.05, 4.69) is 10.3 Å². The zero-order valence-electron chi connectivity index (χ0n) is 11.5. The Morgan fingerprint density at radius 1 is 1.33 bits per heavy atom. The predicted octanol–water partition coefficient (Wildman–Crippen LogP) is 2.35. The first-order valence-electron chi connectivity index (χ1n) is 6.27. The van der Waals surface area contributed by atoms with Crippen molar-refractivity contribution in [3.63, 3.8) is 0 Å². The molecule has 0 aliphatic rings. The van der Waals surface area contributed by atoms with Crippen LogP contribution in [0.3, 0.4) is 0 Å². The van der Waals surface area contributed by atoms with Gasteiger partial charge in [0, 0.05) is 18.6 Å². The lowest BCUT2D eigenvalue weighted by molar-refractivity contribution is -0.126. The number of hydrogen-bond donors (Lipinski definition) is 1. The van der Waals surface area contributed by atoms with Gasteiger partial charge in [-0.05, 0) is 5.56 Å². The van der Waals surface area contributed by atoms with Crippen molar-refractivity contribution in [2.45, 2.75) is 6.61 Å². The van der Waals surface area contributed by atoms with Gasteiger partial charge in [-0.1, -0.05) is 30.3 Å². The third kappa shape index (κ3) is 4.57. The van der Waals surface area contributed by atoms with Crippen molar-refractivity contribution in [1.82, 2.24) is 9.88 Å². The number of thiazole rings is 1. The maximum atomic E-state index is 11.8. The fraction of sp³-hybridized carbons (Fsp3) is 0.214. The van der Waals surface area contributed by atoms with Crippen LogP contribution >= 0.6 is 11.3 Å². The maximum absolute atomic E-state index is 11.8. The molecule has 21 heavy (non-hydrogen) atoms. The highest BCUT2D eigenvalue weighted by Crippen LogP contribution is 2.09. The van der Waals surface area contributed by atoms with E-state index >= 15 is 0 Å². The van der Waals surface area contributed by atoms with Crippen LogP contribution in [0.25, 0.3) is 0 Å². The molecular formula is C14H15N3O3S. The summed E-state index contributed by atoms with van der Waals surface area (Å²) in [5, 5.41) is 5.27. The number of carbonyl (C=O) groups is 2. The molecule has 0 aliphatic carbocycles. The number of nitrogens with zero attached hydrogens (tertiary/aromatic N) is 2. The highest BCUT2D eigenvalue weighted by atomic mass is 32.1. The van der Waals surface area contributed by atoms with Gasteiger partial charge in [0.1, 0.15) is 6.61 Å². The van der Waals surface area contributed by atoms with Crippen LogP contribution in [0.5, 0.6) is 0 Å². The maximum Gasteiger partial charge on any atom is 0.416 e. The lowest BCUT2D eigenvalue weighted by atomic mass is 10.2. The van der Waals surface area contributed by atoms with E-state index in [1.807, 2.05) is 30.3 Å². The fourth-order valence-corrected chi connectivity index (χ4v) is 2.03. The van der Waals surface area contributed by atoms with Crippen molar-refractivity contribution in [1.29, 1.82) is 0 Å². The standard InChI is InChI=1S/C14H15N3O3S/c1-17(12(18)9-16-13-15-7-8-21-13)14(19)20-10-11-5-3-2-4-6-11/h2-8H,9-10H2,1H3,(H,15,16). The minimum atomic E-state index is -0.676. The van der Waals surface area contributed by atoms with Crippen molar-refractivity contribution in [2.75, 3.05) is 18.9 Å². The second-order valence-corrected chi connectivity index (χ2v) is 5.08. The Labute approximate surface area is 126 Å². The lowest BCUT2D eigenvalue weighted by Gasteiger charge is -2.15. The topological polar surface area (TPSA) is 71.5 Å². The van der Waals surface area contributed by atoms with Gasteiger partial charge in [0.25, 0.3) is 5.91 Å². The number of likely N-dealkylation sites (N-methyl/N-ethyl adjacent to an activating group) is 1. The van der Waals surface area contributed by atoms with Gasteiger partial charge in [-0.3, -0.25) is 4.79 Å². The van der Waals surface area contributed by atoms with Crippen molar-refractivity contribution in [3.05, 3.63) is 47.5 Å². The van der Waals surface area contributed by atoms with Crippen LogP contribution in [-0.2, 0) is 16.1 Å². The number of carbonyl (C=O) groups excluding carboxylic acids is 2. The fourth-order valence-electron chi connectivity index (χ4n) is 1.50. The Bertz CT molecular complexity index is 587. The van der Waals surface area contributed by atoms with Crippen LogP contribution in [0.4, 0.5) is 9.93 Å². The number of hydrogen-bond acceptors (Lipinski definition) is 6. The first-order valence-corrected chi connectivity index (χ1v) is 7.15. The second kappa shape index (κ2) is 7.39. The van der Waals surface area contributed by atoms with Crippen LogP contribution in [-0.4, -0.2) is 35.5 Å². The molecule has 0 spiro atoms. The minimum Gasteiger partial charge on any atom is -0.444 e. The van der Waals surface area contributed by atoms with E-state index in [1.165, 1.54) is 18.4 Å². The molecule has 1 heterocycles. The quantitative estimate of drug-likeness (QED) is 0.918. The number of benzene rings is 1. The molecule has 2 amide bonds. The summed E-state index contributed by atoms with van der Waals surface area (Å²) in [5.41, 5.74) is 0.868. The number of imide groups is 1. The molecule has 0 aliphatic heterocycles. The Balaban J connectivity index is 1.77. The summed E-state index contributed by atoms with van der Waals surface area (Å²) in [6.45, 7) is 0.127. The summed E-state index contributed by atoms with van der Waals surface area (Å²) in [5.74, 6) is -0.386. The third-order valence-corrected chi connectivity index (χ3v) is 3.41. The van der Waals surface area contributed by atoms with Crippen LogP contribution in [0.15, 0.2) is 41.9 Å². The van der Waals surface area contributed by atoms with Crippen LogP contribution in [0.1, 0.15) is 5.56 Å².